The van der Waals surface area contributed by atoms with Crippen LogP contribution >= 0.6 is 0 Å². The molecule has 1 aromatic rings. The molecule has 0 bridgehead atoms. The van der Waals surface area contributed by atoms with E-state index in [0.29, 0.717) is 0 Å². The predicted molar refractivity (Wildman–Crippen MR) is 75.0 cm³/mol. The van der Waals surface area contributed by atoms with Crippen LogP contribution in [0.1, 0.15) is 32.8 Å². The maximum absolute atomic E-state index is 13.1. The Morgan fingerprint density at radius 2 is 1.58 bits per heavy atom. The van der Waals surface area contributed by atoms with E-state index < -0.39 is 17.4 Å². The molecule has 19 heavy (non-hydrogen) atoms. The molecule has 1 N–H and O–H groups in total. The minimum atomic E-state index is -3.07. The van der Waals surface area contributed by atoms with Crippen LogP contribution in [-0.2, 0) is 5.41 Å². The molecule has 0 aromatic heterocycles. The fourth-order valence-electron chi connectivity index (χ4n) is 1.99. The number of aliphatic hydroxyl groups excluding tert-OH is 1. The Morgan fingerprint density at radius 1 is 1.11 bits per heavy atom. The summed E-state index contributed by atoms with van der Waals surface area (Å²) in [6.45, 7) is 4.49. The number of halogens is 2. The van der Waals surface area contributed by atoms with Crippen LogP contribution in [0.3, 0.4) is 0 Å². The van der Waals surface area contributed by atoms with Crippen molar-refractivity contribution < 1.29 is 13.9 Å². The summed E-state index contributed by atoms with van der Waals surface area (Å²) in [5, 5.41) is 9.57. The number of hydrogen-bond acceptors (Lipinski definition) is 2. The molecule has 0 spiro atoms. The van der Waals surface area contributed by atoms with E-state index in [1.807, 2.05) is 57.1 Å². The molecule has 0 fully saturated rings. The first-order chi connectivity index (χ1) is 8.54. The maximum atomic E-state index is 13.1. The highest BCUT2D eigenvalue weighted by Gasteiger charge is 2.37. The monoisotopic (exact) mass is 271 g/mol. The molecule has 0 aliphatic rings. The summed E-state index contributed by atoms with van der Waals surface area (Å²) < 4.78 is 26.2. The van der Waals surface area contributed by atoms with Gasteiger partial charge >= 0.3 is 0 Å². The number of aliphatic hydroxyl groups is 1. The van der Waals surface area contributed by atoms with E-state index in [1.54, 1.807) is 0 Å². The third kappa shape index (κ3) is 4.16. The summed E-state index contributed by atoms with van der Waals surface area (Å²) in [5.41, 5.74) is 1.51. The van der Waals surface area contributed by atoms with Crippen LogP contribution < -0.4 is 4.90 Å². The van der Waals surface area contributed by atoms with Gasteiger partial charge in [-0.2, -0.15) is 0 Å². The van der Waals surface area contributed by atoms with Crippen molar-refractivity contribution >= 4 is 5.69 Å². The van der Waals surface area contributed by atoms with Gasteiger partial charge in [-0.1, -0.05) is 26.0 Å². The lowest BCUT2D eigenvalue weighted by molar-refractivity contribution is -0.102. The van der Waals surface area contributed by atoms with Crippen LogP contribution in [0.15, 0.2) is 24.3 Å². The van der Waals surface area contributed by atoms with Crippen LogP contribution in [0.4, 0.5) is 14.5 Å². The van der Waals surface area contributed by atoms with E-state index in [2.05, 4.69) is 0 Å². The average Bonchev–Trinajstić information content (AvgIpc) is 2.27. The first-order valence-electron chi connectivity index (χ1n) is 6.38. The van der Waals surface area contributed by atoms with Gasteiger partial charge in [0.05, 0.1) is 0 Å². The summed E-state index contributed by atoms with van der Waals surface area (Å²) in [6.07, 6.45) is -1.60. The van der Waals surface area contributed by atoms with Gasteiger partial charge in [0.15, 0.2) is 0 Å². The number of alkyl halides is 2. The van der Waals surface area contributed by atoms with Gasteiger partial charge in [0.1, 0.15) is 6.10 Å². The van der Waals surface area contributed by atoms with Crippen LogP contribution in [-0.4, -0.2) is 31.2 Å². The van der Waals surface area contributed by atoms with Gasteiger partial charge in [-0.3, -0.25) is 0 Å². The number of hydrogen-bond donors (Lipinski definition) is 1. The van der Waals surface area contributed by atoms with Crippen molar-refractivity contribution in [3.8, 4) is 0 Å². The normalized spacial score (nSPS) is 14.3. The van der Waals surface area contributed by atoms with Crippen molar-refractivity contribution in [1.29, 1.82) is 0 Å². The molecule has 1 rings (SSSR count). The van der Waals surface area contributed by atoms with Crippen LogP contribution in [0, 0.1) is 0 Å². The lowest BCUT2D eigenvalue weighted by Gasteiger charge is -2.30. The van der Waals surface area contributed by atoms with Gasteiger partial charge in [-0.25, -0.2) is 8.78 Å². The van der Waals surface area contributed by atoms with E-state index >= 15 is 0 Å². The molecule has 0 saturated heterocycles. The molecule has 2 nitrogen and oxygen atoms in total. The number of benzene rings is 1. The zero-order chi connectivity index (χ0) is 14.8. The second-order valence-corrected chi connectivity index (χ2v) is 6.00. The van der Waals surface area contributed by atoms with Gasteiger partial charge in [0.2, 0.25) is 0 Å². The Kier molecular flexibility index (Phi) is 4.56. The first kappa shape index (κ1) is 15.9. The minimum Gasteiger partial charge on any atom is -0.387 e. The summed E-state index contributed by atoms with van der Waals surface area (Å²) >= 11 is 0. The zero-order valence-corrected chi connectivity index (χ0v) is 12.2. The number of nitrogens with zero attached hydrogens (tertiary/aromatic N) is 1. The highest BCUT2D eigenvalue weighted by Crippen LogP contribution is 2.33. The molecule has 1 atom stereocenters. The maximum Gasteiger partial charge on any atom is 0.270 e. The highest BCUT2D eigenvalue weighted by molar-refractivity contribution is 5.47. The standard InChI is InChI=1S/C15H23F2NO/c1-14(2,10-13(19)15(3,16)17)11-6-8-12(9-7-11)18(4)5/h6-9,13,19H,10H2,1-5H3. The molecular weight excluding hydrogens is 248 g/mol. The van der Waals surface area contributed by atoms with Crippen LogP contribution in [0.25, 0.3) is 0 Å². The van der Waals surface area contributed by atoms with Crippen molar-refractivity contribution in [1.82, 2.24) is 0 Å². The lowest BCUT2D eigenvalue weighted by atomic mass is 9.79. The lowest BCUT2D eigenvalue weighted by Crippen LogP contribution is -2.36. The van der Waals surface area contributed by atoms with E-state index in [1.165, 1.54) is 0 Å². The molecule has 0 aliphatic carbocycles. The highest BCUT2D eigenvalue weighted by atomic mass is 19.3. The number of anilines is 1. The molecule has 0 saturated carbocycles. The Labute approximate surface area is 114 Å². The molecule has 0 radical (unpaired) electrons. The summed E-state index contributed by atoms with van der Waals surface area (Å²) in [7, 11) is 3.89. The average molecular weight is 271 g/mol. The first-order valence-corrected chi connectivity index (χ1v) is 6.38. The molecule has 1 aromatic carbocycles. The van der Waals surface area contributed by atoms with Crippen molar-refractivity contribution in [3.63, 3.8) is 0 Å². The van der Waals surface area contributed by atoms with Crippen molar-refractivity contribution in [2.75, 3.05) is 19.0 Å². The van der Waals surface area contributed by atoms with Gasteiger partial charge < -0.3 is 10.0 Å². The van der Waals surface area contributed by atoms with E-state index in [9.17, 15) is 13.9 Å². The van der Waals surface area contributed by atoms with Crippen molar-refractivity contribution in [2.24, 2.45) is 0 Å². The van der Waals surface area contributed by atoms with E-state index in [0.717, 1.165) is 18.2 Å². The Morgan fingerprint density at radius 3 is 1.95 bits per heavy atom. The van der Waals surface area contributed by atoms with Gasteiger partial charge in [0, 0.05) is 26.7 Å². The zero-order valence-electron chi connectivity index (χ0n) is 12.2. The third-order valence-corrected chi connectivity index (χ3v) is 3.45. The Bertz CT molecular complexity index is 407. The molecular formula is C15H23F2NO. The van der Waals surface area contributed by atoms with Gasteiger partial charge in [-0.05, 0) is 29.5 Å². The quantitative estimate of drug-likeness (QED) is 0.886. The largest absolute Gasteiger partial charge is 0.387 e. The fourth-order valence-corrected chi connectivity index (χ4v) is 1.99. The van der Waals surface area contributed by atoms with Crippen molar-refractivity contribution in [2.45, 2.75) is 44.6 Å². The topological polar surface area (TPSA) is 23.5 Å². The second-order valence-electron chi connectivity index (χ2n) is 6.00. The Hall–Kier alpha value is -1.16. The number of rotatable bonds is 5. The van der Waals surface area contributed by atoms with Crippen LogP contribution in [0.2, 0.25) is 0 Å². The summed E-state index contributed by atoms with van der Waals surface area (Å²) in [5.74, 6) is -3.07. The molecule has 4 heteroatoms. The second kappa shape index (κ2) is 5.45. The fraction of sp³-hybridized carbons (Fsp3) is 0.600. The SMILES string of the molecule is CN(C)c1ccc(C(C)(C)CC(O)C(C)(F)F)cc1. The van der Waals surface area contributed by atoms with Crippen molar-refractivity contribution in [3.05, 3.63) is 29.8 Å². The van der Waals surface area contributed by atoms with Gasteiger partial charge in [-0.15, -0.1) is 0 Å². The molecule has 1 unspecified atom stereocenters. The van der Waals surface area contributed by atoms with Gasteiger partial charge in [0.25, 0.3) is 5.92 Å². The van der Waals surface area contributed by atoms with E-state index in [-0.39, 0.29) is 6.42 Å². The predicted octanol–water partition coefficient (Wildman–Crippen LogP) is 3.44. The summed E-state index contributed by atoms with van der Waals surface area (Å²) in [4.78, 5) is 1.98. The smallest absolute Gasteiger partial charge is 0.270 e. The third-order valence-electron chi connectivity index (χ3n) is 3.45. The molecule has 0 heterocycles. The molecule has 0 aliphatic heterocycles. The Balaban J connectivity index is 2.88. The molecule has 0 amide bonds. The van der Waals surface area contributed by atoms with E-state index in [4.69, 9.17) is 0 Å². The van der Waals surface area contributed by atoms with Crippen LogP contribution in [0.5, 0.6) is 0 Å². The minimum absolute atomic E-state index is 0.0256. The molecule has 108 valence electrons. The summed E-state index contributed by atoms with van der Waals surface area (Å²) in [6, 6.07) is 7.76.